The fourth-order valence-electron chi connectivity index (χ4n) is 1.83. The minimum Gasteiger partial charge on any atom is -0.399 e. The Kier molecular flexibility index (Phi) is 2.94. The number of aromatic nitrogens is 2. The molecule has 3 aromatic rings. The number of benzene rings is 2. The third kappa shape index (κ3) is 2.33. The summed E-state index contributed by atoms with van der Waals surface area (Å²) < 4.78 is 0. The van der Waals surface area contributed by atoms with Gasteiger partial charge in [0.1, 0.15) is 5.82 Å². The zero-order valence-corrected chi connectivity index (χ0v) is 10.6. The van der Waals surface area contributed by atoms with E-state index in [2.05, 4.69) is 16.0 Å². The molecule has 1 heterocycles. The summed E-state index contributed by atoms with van der Waals surface area (Å²) in [5.41, 5.74) is 8.65. The van der Waals surface area contributed by atoms with E-state index >= 15 is 0 Å². The van der Waals surface area contributed by atoms with Crippen LogP contribution in [0.25, 0.3) is 11.0 Å². The maximum Gasteiger partial charge on any atom is 0.117 e. The van der Waals surface area contributed by atoms with Crippen LogP contribution in [0.4, 0.5) is 5.69 Å². The molecule has 0 bridgehead atoms. The van der Waals surface area contributed by atoms with E-state index in [9.17, 15) is 0 Å². The number of H-pyrrole nitrogens is 1. The van der Waals surface area contributed by atoms with Gasteiger partial charge in [-0.25, -0.2) is 4.98 Å². The van der Waals surface area contributed by atoms with E-state index in [0.717, 1.165) is 33.2 Å². The van der Waals surface area contributed by atoms with Crippen molar-refractivity contribution in [3.63, 3.8) is 0 Å². The summed E-state index contributed by atoms with van der Waals surface area (Å²) in [4.78, 5) is 9.02. The number of anilines is 1. The second-order valence-electron chi connectivity index (χ2n) is 4.06. The van der Waals surface area contributed by atoms with Gasteiger partial charge in [-0.1, -0.05) is 18.2 Å². The molecule has 0 unspecified atom stereocenters. The van der Waals surface area contributed by atoms with Crippen LogP contribution >= 0.6 is 11.8 Å². The lowest BCUT2D eigenvalue weighted by molar-refractivity contribution is 1.14. The first-order chi connectivity index (χ1) is 8.81. The van der Waals surface area contributed by atoms with Gasteiger partial charge in [0.2, 0.25) is 0 Å². The average molecular weight is 255 g/mol. The summed E-state index contributed by atoms with van der Waals surface area (Å²) in [5.74, 6) is 1.81. The zero-order chi connectivity index (χ0) is 12.4. The molecule has 18 heavy (non-hydrogen) atoms. The number of rotatable bonds is 3. The summed E-state index contributed by atoms with van der Waals surface area (Å²) in [5, 5.41) is 0. The van der Waals surface area contributed by atoms with Crippen LogP contribution in [-0.4, -0.2) is 9.97 Å². The molecule has 0 spiro atoms. The van der Waals surface area contributed by atoms with E-state index in [1.165, 1.54) is 0 Å². The fraction of sp³-hybridized carbons (Fsp3) is 0.0714. The number of hydrogen-bond donors (Lipinski definition) is 2. The predicted molar refractivity (Wildman–Crippen MR) is 76.5 cm³/mol. The van der Waals surface area contributed by atoms with Gasteiger partial charge in [-0.05, 0) is 30.3 Å². The van der Waals surface area contributed by atoms with Crippen molar-refractivity contribution < 1.29 is 0 Å². The molecule has 3 N–H and O–H groups in total. The van der Waals surface area contributed by atoms with Crippen molar-refractivity contribution in [1.82, 2.24) is 9.97 Å². The van der Waals surface area contributed by atoms with Crippen LogP contribution < -0.4 is 5.73 Å². The van der Waals surface area contributed by atoms with Gasteiger partial charge in [-0.2, -0.15) is 0 Å². The number of thioether (sulfide) groups is 1. The minimum absolute atomic E-state index is 0.796. The summed E-state index contributed by atoms with van der Waals surface area (Å²) in [7, 11) is 0. The Hall–Kier alpha value is -1.94. The van der Waals surface area contributed by atoms with Crippen LogP contribution in [0, 0.1) is 0 Å². The lowest BCUT2D eigenvalue weighted by Gasteiger charge is -2.00. The Morgan fingerprint density at radius 3 is 2.83 bits per heavy atom. The first-order valence-corrected chi connectivity index (χ1v) is 6.72. The van der Waals surface area contributed by atoms with Crippen molar-refractivity contribution in [2.75, 3.05) is 5.73 Å². The van der Waals surface area contributed by atoms with E-state index in [-0.39, 0.29) is 0 Å². The van der Waals surface area contributed by atoms with E-state index in [4.69, 9.17) is 5.73 Å². The van der Waals surface area contributed by atoms with Gasteiger partial charge in [0.25, 0.3) is 0 Å². The molecule has 0 atom stereocenters. The molecular weight excluding hydrogens is 242 g/mol. The molecule has 0 saturated carbocycles. The van der Waals surface area contributed by atoms with Crippen LogP contribution in [-0.2, 0) is 5.75 Å². The molecule has 3 rings (SSSR count). The normalized spacial score (nSPS) is 10.9. The smallest absolute Gasteiger partial charge is 0.117 e. The van der Waals surface area contributed by atoms with E-state index in [1.54, 1.807) is 11.8 Å². The number of para-hydroxylation sites is 2. The number of nitrogen functional groups attached to an aromatic ring is 1. The third-order valence-corrected chi connectivity index (χ3v) is 3.68. The minimum atomic E-state index is 0.796. The van der Waals surface area contributed by atoms with Crippen molar-refractivity contribution in [3.05, 3.63) is 54.4 Å². The first-order valence-electron chi connectivity index (χ1n) is 5.73. The van der Waals surface area contributed by atoms with Crippen LogP contribution in [0.15, 0.2) is 53.4 Å². The van der Waals surface area contributed by atoms with Gasteiger partial charge in [0, 0.05) is 10.6 Å². The largest absolute Gasteiger partial charge is 0.399 e. The Labute approximate surface area is 109 Å². The van der Waals surface area contributed by atoms with Gasteiger partial charge in [0.15, 0.2) is 0 Å². The van der Waals surface area contributed by atoms with Crippen LogP contribution in [0.5, 0.6) is 0 Å². The lowest BCUT2D eigenvalue weighted by atomic mass is 10.3. The molecule has 2 aromatic carbocycles. The highest BCUT2D eigenvalue weighted by molar-refractivity contribution is 7.98. The van der Waals surface area contributed by atoms with Crippen molar-refractivity contribution in [1.29, 1.82) is 0 Å². The molecule has 0 amide bonds. The maximum atomic E-state index is 5.75. The molecule has 0 saturated heterocycles. The molecule has 1 aromatic heterocycles. The quantitative estimate of drug-likeness (QED) is 0.557. The van der Waals surface area contributed by atoms with E-state index in [0.29, 0.717) is 0 Å². The molecule has 4 heteroatoms. The molecule has 0 aliphatic carbocycles. The van der Waals surface area contributed by atoms with Crippen molar-refractivity contribution in [2.45, 2.75) is 10.6 Å². The average Bonchev–Trinajstić information content (AvgIpc) is 2.79. The zero-order valence-electron chi connectivity index (χ0n) is 9.76. The highest BCUT2D eigenvalue weighted by atomic mass is 32.2. The Bertz CT molecular complexity index is 642. The molecule has 0 aliphatic rings. The van der Waals surface area contributed by atoms with Gasteiger partial charge < -0.3 is 10.7 Å². The standard InChI is InChI=1S/C14H13N3S/c15-10-4-3-5-11(8-10)18-9-14-16-12-6-1-2-7-13(12)17-14/h1-8H,9,15H2,(H,16,17). The number of aromatic amines is 1. The van der Waals surface area contributed by atoms with Crippen LogP contribution in [0.3, 0.4) is 0 Å². The summed E-state index contributed by atoms with van der Waals surface area (Å²) in [6, 6.07) is 16.0. The number of imidazole rings is 1. The highest BCUT2D eigenvalue weighted by Crippen LogP contribution is 2.24. The third-order valence-electron chi connectivity index (χ3n) is 2.67. The molecule has 0 aliphatic heterocycles. The van der Waals surface area contributed by atoms with Gasteiger partial charge in [0.05, 0.1) is 16.8 Å². The van der Waals surface area contributed by atoms with Crippen LogP contribution in [0.2, 0.25) is 0 Å². The van der Waals surface area contributed by atoms with Gasteiger partial charge in [-0.3, -0.25) is 0 Å². The van der Waals surface area contributed by atoms with Crippen molar-refractivity contribution in [2.24, 2.45) is 0 Å². The molecule has 0 fully saturated rings. The first kappa shape index (κ1) is 11.2. The lowest BCUT2D eigenvalue weighted by Crippen LogP contribution is -1.86. The van der Waals surface area contributed by atoms with E-state index < -0.39 is 0 Å². The summed E-state index contributed by atoms with van der Waals surface area (Å²) in [6.45, 7) is 0. The maximum absolute atomic E-state index is 5.75. The van der Waals surface area contributed by atoms with E-state index in [1.807, 2.05) is 42.5 Å². The number of nitrogens with one attached hydrogen (secondary N) is 1. The summed E-state index contributed by atoms with van der Waals surface area (Å²) >= 11 is 1.73. The molecule has 3 nitrogen and oxygen atoms in total. The SMILES string of the molecule is Nc1cccc(SCc2nc3ccccc3[nH]2)c1. The van der Waals surface area contributed by atoms with Crippen LogP contribution in [0.1, 0.15) is 5.82 Å². The number of hydrogen-bond acceptors (Lipinski definition) is 3. The predicted octanol–water partition coefficient (Wildman–Crippen LogP) is 3.44. The van der Waals surface area contributed by atoms with Gasteiger partial charge in [-0.15, -0.1) is 11.8 Å². The molecule has 0 radical (unpaired) electrons. The Balaban J connectivity index is 1.76. The monoisotopic (exact) mass is 255 g/mol. The van der Waals surface area contributed by atoms with Crippen molar-refractivity contribution >= 4 is 28.5 Å². The second-order valence-corrected chi connectivity index (χ2v) is 5.11. The topological polar surface area (TPSA) is 54.7 Å². The fourth-order valence-corrected chi connectivity index (χ4v) is 2.66. The molecule has 90 valence electrons. The molecular formula is C14H13N3S. The summed E-state index contributed by atoms with van der Waals surface area (Å²) in [6.07, 6.45) is 0. The number of fused-ring (bicyclic) bond motifs is 1. The number of nitrogens with two attached hydrogens (primary N) is 1. The Morgan fingerprint density at radius 1 is 1.11 bits per heavy atom. The highest BCUT2D eigenvalue weighted by Gasteiger charge is 2.02. The Morgan fingerprint density at radius 2 is 2.00 bits per heavy atom. The number of nitrogens with zero attached hydrogens (tertiary/aromatic N) is 1. The second kappa shape index (κ2) is 4.74. The van der Waals surface area contributed by atoms with Crippen molar-refractivity contribution in [3.8, 4) is 0 Å². The van der Waals surface area contributed by atoms with Gasteiger partial charge >= 0.3 is 0 Å².